The van der Waals surface area contributed by atoms with Gasteiger partial charge in [-0.15, -0.1) is 0 Å². The molecule has 2 fully saturated rings. The van der Waals surface area contributed by atoms with E-state index < -0.39 is 0 Å². The average molecular weight is 212 g/mol. The minimum absolute atomic E-state index is 0.440. The summed E-state index contributed by atoms with van der Waals surface area (Å²) in [4.78, 5) is 0. The molecule has 1 aliphatic heterocycles. The monoisotopic (exact) mass is 212 g/mol. The SMILES string of the molecule is CC1OCCC1CNCC1CCCC1N. The van der Waals surface area contributed by atoms with E-state index in [0.717, 1.165) is 19.7 Å². The molecular formula is C12H24N2O. The predicted octanol–water partition coefficient (Wildman–Crippen LogP) is 1.13. The molecule has 2 aliphatic rings. The topological polar surface area (TPSA) is 47.3 Å². The van der Waals surface area contributed by atoms with Crippen molar-refractivity contribution >= 4 is 0 Å². The molecule has 4 atom stereocenters. The van der Waals surface area contributed by atoms with Crippen molar-refractivity contribution in [1.82, 2.24) is 5.32 Å². The highest BCUT2D eigenvalue weighted by Crippen LogP contribution is 2.24. The van der Waals surface area contributed by atoms with E-state index >= 15 is 0 Å². The van der Waals surface area contributed by atoms with Gasteiger partial charge in [0.15, 0.2) is 0 Å². The summed E-state index contributed by atoms with van der Waals surface area (Å²) in [6, 6.07) is 0.440. The van der Waals surface area contributed by atoms with Crippen LogP contribution >= 0.6 is 0 Å². The molecule has 15 heavy (non-hydrogen) atoms. The van der Waals surface area contributed by atoms with Crippen LogP contribution in [0.2, 0.25) is 0 Å². The molecule has 0 spiro atoms. The van der Waals surface area contributed by atoms with E-state index in [1.54, 1.807) is 0 Å². The Morgan fingerprint density at radius 2 is 2.00 bits per heavy atom. The first-order valence-electron chi connectivity index (χ1n) is 6.35. The van der Waals surface area contributed by atoms with Crippen LogP contribution in [0.25, 0.3) is 0 Å². The van der Waals surface area contributed by atoms with E-state index in [0.29, 0.717) is 24.0 Å². The maximum atomic E-state index is 6.04. The first-order valence-corrected chi connectivity index (χ1v) is 6.35. The Hall–Kier alpha value is -0.120. The highest BCUT2D eigenvalue weighted by atomic mass is 16.5. The highest BCUT2D eigenvalue weighted by Gasteiger charge is 2.26. The summed E-state index contributed by atoms with van der Waals surface area (Å²) >= 11 is 0. The Kier molecular flexibility index (Phi) is 4.00. The number of nitrogens with two attached hydrogens (primary N) is 1. The van der Waals surface area contributed by atoms with Crippen LogP contribution in [0, 0.1) is 11.8 Å². The zero-order valence-electron chi connectivity index (χ0n) is 9.74. The van der Waals surface area contributed by atoms with Gasteiger partial charge in [-0.2, -0.15) is 0 Å². The Labute approximate surface area is 92.7 Å². The summed E-state index contributed by atoms with van der Waals surface area (Å²) in [6.45, 7) is 5.33. The van der Waals surface area contributed by atoms with Crippen LogP contribution in [0.3, 0.4) is 0 Å². The van der Waals surface area contributed by atoms with Crippen LogP contribution in [-0.4, -0.2) is 31.8 Å². The molecule has 4 unspecified atom stereocenters. The molecule has 0 bridgehead atoms. The molecule has 0 radical (unpaired) electrons. The fraction of sp³-hybridized carbons (Fsp3) is 1.00. The molecule has 0 amide bonds. The van der Waals surface area contributed by atoms with Gasteiger partial charge in [-0.05, 0) is 44.6 Å². The fourth-order valence-corrected chi connectivity index (χ4v) is 2.82. The zero-order chi connectivity index (χ0) is 10.7. The predicted molar refractivity (Wildman–Crippen MR) is 61.7 cm³/mol. The molecule has 1 saturated heterocycles. The Balaban J connectivity index is 1.62. The Morgan fingerprint density at radius 3 is 2.60 bits per heavy atom. The van der Waals surface area contributed by atoms with Crippen molar-refractivity contribution in [2.24, 2.45) is 17.6 Å². The molecule has 0 aromatic heterocycles. The number of rotatable bonds is 4. The molecule has 2 rings (SSSR count). The molecule has 0 aromatic carbocycles. The lowest BCUT2D eigenvalue weighted by Gasteiger charge is -2.19. The summed E-state index contributed by atoms with van der Waals surface area (Å²) in [5, 5.41) is 3.57. The number of nitrogens with one attached hydrogen (secondary N) is 1. The lowest BCUT2D eigenvalue weighted by molar-refractivity contribution is 0.105. The molecule has 1 aliphatic carbocycles. The summed E-state index contributed by atoms with van der Waals surface area (Å²) in [6.07, 6.45) is 5.50. The van der Waals surface area contributed by atoms with E-state index in [1.165, 1.54) is 25.7 Å². The molecule has 88 valence electrons. The van der Waals surface area contributed by atoms with Crippen molar-refractivity contribution in [3.05, 3.63) is 0 Å². The number of ether oxygens (including phenoxy) is 1. The quantitative estimate of drug-likeness (QED) is 0.734. The van der Waals surface area contributed by atoms with Gasteiger partial charge in [0.2, 0.25) is 0 Å². The standard InChI is InChI=1S/C12H24N2O/c1-9-10(5-6-15-9)7-14-8-11-3-2-4-12(11)13/h9-12,14H,2-8,13H2,1H3. The minimum atomic E-state index is 0.440. The van der Waals surface area contributed by atoms with E-state index in [1.807, 2.05) is 0 Å². The second-order valence-electron chi connectivity index (χ2n) is 5.14. The van der Waals surface area contributed by atoms with Gasteiger partial charge < -0.3 is 15.8 Å². The highest BCUT2D eigenvalue weighted by molar-refractivity contribution is 4.82. The molecule has 1 heterocycles. The third-order valence-corrected chi connectivity index (χ3v) is 4.06. The normalized spacial score (nSPS) is 41.2. The third kappa shape index (κ3) is 2.92. The van der Waals surface area contributed by atoms with Crippen LogP contribution in [0.1, 0.15) is 32.6 Å². The molecule has 0 aromatic rings. The maximum absolute atomic E-state index is 6.04. The van der Waals surface area contributed by atoms with Crippen molar-refractivity contribution in [3.63, 3.8) is 0 Å². The van der Waals surface area contributed by atoms with Crippen molar-refractivity contribution in [2.75, 3.05) is 19.7 Å². The van der Waals surface area contributed by atoms with Crippen molar-refractivity contribution in [2.45, 2.75) is 44.8 Å². The smallest absolute Gasteiger partial charge is 0.0588 e. The Morgan fingerprint density at radius 1 is 1.20 bits per heavy atom. The van der Waals surface area contributed by atoms with Crippen molar-refractivity contribution < 1.29 is 4.74 Å². The minimum Gasteiger partial charge on any atom is -0.378 e. The van der Waals surface area contributed by atoms with Crippen LogP contribution in [0.15, 0.2) is 0 Å². The lowest BCUT2D eigenvalue weighted by atomic mass is 10.0. The average Bonchev–Trinajstić information content (AvgIpc) is 2.78. The number of hydrogen-bond acceptors (Lipinski definition) is 3. The molecule has 1 saturated carbocycles. The van der Waals surface area contributed by atoms with Crippen LogP contribution < -0.4 is 11.1 Å². The van der Waals surface area contributed by atoms with Crippen molar-refractivity contribution in [3.8, 4) is 0 Å². The Bertz CT molecular complexity index is 178. The summed E-state index contributed by atoms with van der Waals surface area (Å²) in [5.74, 6) is 1.42. The van der Waals surface area contributed by atoms with E-state index in [4.69, 9.17) is 10.5 Å². The van der Waals surface area contributed by atoms with Gasteiger partial charge in [-0.1, -0.05) is 6.42 Å². The summed E-state index contributed by atoms with van der Waals surface area (Å²) < 4.78 is 5.54. The largest absolute Gasteiger partial charge is 0.378 e. The zero-order valence-corrected chi connectivity index (χ0v) is 9.74. The van der Waals surface area contributed by atoms with Gasteiger partial charge in [-0.3, -0.25) is 0 Å². The third-order valence-electron chi connectivity index (χ3n) is 4.06. The van der Waals surface area contributed by atoms with Crippen LogP contribution in [0.4, 0.5) is 0 Å². The van der Waals surface area contributed by atoms with E-state index in [-0.39, 0.29) is 0 Å². The second-order valence-corrected chi connectivity index (χ2v) is 5.14. The van der Waals surface area contributed by atoms with Gasteiger partial charge in [0.25, 0.3) is 0 Å². The lowest BCUT2D eigenvalue weighted by Crippen LogP contribution is -2.36. The fourth-order valence-electron chi connectivity index (χ4n) is 2.82. The van der Waals surface area contributed by atoms with Crippen LogP contribution in [0.5, 0.6) is 0 Å². The van der Waals surface area contributed by atoms with Gasteiger partial charge >= 0.3 is 0 Å². The van der Waals surface area contributed by atoms with Gasteiger partial charge in [-0.25, -0.2) is 0 Å². The van der Waals surface area contributed by atoms with Gasteiger partial charge in [0.05, 0.1) is 6.10 Å². The van der Waals surface area contributed by atoms with Gasteiger partial charge in [0, 0.05) is 19.2 Å². The summed E-state index contributed by atoms with van der Waals surface area (Å²) in [5.41, 5.74) is 6.04. The molecule has 3 N–H and O–H groups in total. The van der Waals surface area contributed by atoms with E-state index in [2.05, 4.69) is 12.2 Å². The van der Waals surface area contributed by atoms with E-state index in [9.17, 15) is 0 Å². The van der Waals surface area contributed by atoms with Gasteiger partial charge in [0.1, 0.15) is 0 Å². The van der Waals surface area contributed by atoms with Crippen LogP contribution in [-0.2, 0) is 4.74 Å². The van der Waals surface area contributed by atoms with Crippen molar-refractivity contribution in [1.29, 1.82) is 0 Å². The second kappa shape index (κ2) is 5.28. The first-order chi connectivity index (χ1) is 7.27. The number of hydrogen-bond donors (Lipinski definition) is 2. The molecule has 3 nitrogen and oxygen atoms in total. The molecular weight excluding hydrogens is 188 g/mol. The summed E-state index contributed by atoms with van der Waals surface area (Å²) in [7, 11) is 0. The molecule has 3 heteroatoms. The maximum Gasteiger partial charge on any atom is 0.0588 e. The first kappa shape index (κ1) is 11.4.